The maximum absolute atomic E-state index is 12.0. The van der Waals surface area contributed by atoms with Crippen LogP contribution >= 0.6 is 8.38 Å². The van der Waals surface area contributed by atoms with Gasteiger partial charge in [-0.1, -0.05) is 12.8 Å². The van der Waals surface area contributed by atoms with Crippen LogP contribution in [0.3, 0.4) is 0 Å². The van der Waals surface area contributed by atoms with Crippen molar-refractivity contribution >= 4 is 14.3 Å². The van der Waals surface area contributed by atoms with Gasteiger partial charge in [-0.05, 0) is 25.8 Å². The van der Waals surface area contributed by atoms with Gasteiger partial charge in [0.15, 0.2) is 8.38 Å². The van der Waals surface area contributed by atoms with Gasteiger partial charge in [-0.2, -0.15) is 5.48 Å². The smallest absolute Gasteiger partial charge is 0.252 e. The molecule has 0 saturated heterocycles. The summed E-state index contributed by atoms with van der Waals surface area (Å²) >= 11 is 0. The van der Waals surface area contributed by atoms with Gasteiger partial charge in [0.1, 0.15) is 6.61 Å². The molecule has 0 fully saturated rings. The first-order chi connectivity index (χ1) is 13.2. The molecule has 150 valence electrons. The summed E-state index contributed by atoms with van der Waals surface area (Å²) in [5, 5.41) is 2.89. The van der Waals surface area contributed by atoms with E-state index in [1.165, 1.54) is 6.20 Å². The molecule has 1 aromatic rings. The lowest BCUT2D eigenvalue weighted by atomic mass is 10.2. The fourth-order valence-corrected chi connectivity index (χ4v) is 2.85. The molecule has 0 spiro atoms. The highest BCUT2D eigenvalue weighted by atomic mass is 31.2. The van der Waals surface area contributed by atoms with Crippen molar-refractivity contribution in [3.8, 4) is 5.88 Å². The van der Waals surface area contributed by atoms with Crippen molar-refractivity contribution in [1.29, 1.82) is 0 Å². The molecule has 1 unspecified atom stereocenters. The van der Waals surface area contributed by atoms with E-state index in [-0.39, 0.29) is 5.91 Å². The number of amides is 1. The summed E-state index contributed by atoms with van der Waals surface area (Å²) in [6.07, 6.45) is 5.45. The zero-order valence-electron chi connectivity index (χ0n) is 16.1. The van der Waals surface area contributed by atoms with Crippen molar-refractivity contribution in [3.05, 3.63) is 35.3 Å². The number of carbonyl (C=O) groups is 1. The molecule has 1 atom stereocenters. The van der Waals surface area contributed by atoms with Crippen molar-refractivity contribution in [2.75, 3.05) is 39.5 Å². The molecule has 0 aliphatic rings. The fourth-order valence-electron chi connectivity index (χ4n) is 2.05. The van der Waals surface area contributed by atoms with Gasteiger partial charge in [0, 0.05) is 32.0 Å². The number of unbranched alkanes of at least 4 members (excludes halogenated alkanes) is 3. The van der Waals surface area contributed by atoms with E-state index >= 15 is 0 Å². The number of nitrogens with zero attached hydrogens (tertiary/aromatic N) is 2. The van der Waals surface area contributed by atoms with Crippen molar-refractivity contribution in [2.45, 2.75) is 32.6 Å². The van der Waals surface area contributed by atoms with Gasteiger partial charge in [-0.15, -0.1) is 0 Å². The number of aromatic nitrogens is 1. The SMILES string of the molecule is [C-]#[N+]CCOP(C)OCCCCCCNC(=O)c1ccc(ONCC)nc1. The molecule has 0 aliphatic carbocycles. The standard InChI is InChI=1S/C18H29N4O4P/c1-4-22-26-17-10-9-16(15-21-17)18(23)20-11-7-5-6-8-13-24-27(3)25-14-12-19-2/h9-10,15,22H,4-8,11-14H2,1,3H3,(H,20,23). The third-order valence-electron chi connectivity index (χ3n) is 3.43. The number of hydroxylamine groups is 1. The number of rotatable bonds is 15. The minimum atomic E-state index is -0.879. The largest absolute Gasteiger partial charge is 0.388 e. The van der Waals surface area contributed by atoms with Crippen LogP contribution in [0.1, 0.15) is 43.0 Å². The zero-order chi connectivity index (χ0) is 19.7. The Bertz CT molecular complexity index is 565. The number of carbonyl (C=O) groups excluding carboxylic acids is 1. The molecule has 1 aromatic heterocycles. The van der Waals surface area contributed by atoms with E-state index in [4.69, 9.17) is 20.5 Å². The van der Waals surface area contributed by atoms with Crippen molar-refractivity contribution < 1.29 is 18.7 Å². The topological polar surface area (TPSA) is 86.1 Å². The maximum atomic E-state index is 12.0. The third-order valence-corrected chi connectivity index (χ3v) is 4.52. The molecule has 0 aliphatic heterocycles. The Morgan fingerprint density at radius 2 is 2.00 bits per heavy atom. The Balaban J connectivity index is 2.03. The second-order valence-corrected chi connectivity index (χ2v) is 7.04. The summed E-state index contributed by atoms with van der Waals surface area (Å²) in [5.74, 6) is 0.303. The Hall–Kier alpha value is -1.78. The Labute approximate surface area is 162 Å². The highest BCUT2D eigenvalue weighted by Gasteiger charge is 2.06. The molecule has 8 nitrogen and oxygen atoms in total. The summed E-state index contributed by atoms with van der Waals surface area (Å²) < 4.78 is 11.0. The summed E-state index contributed by atoms with van der Waals surface area (Å²) in [7, 11) is -0.879. The van der Waals surface area contributed by atoms with Crippen LogP contribution in [-0.4, -0.2) is 50.4 Å². The molecule has 2 N–H and O–H groups in total. The monoisotopic (exact) mass is 396 g/mol. The molecule has 0 saturated carbocycles. The average molecular weight is 396 g/mol. The lowest BCUT2D eigenvalue weighted by Crippen LogP contribution is -2.24. The highest BCUT2D eigenvalue weighted by Crippen LogP contribution is 2.33. The summed E-state index contributed by atoms with van der Waals surface area (Å²) in [6, 6.07) is 3.35. The van der Waals surface area contributed by atoms with Crippen LogP contribution < -0.4 is 15.6 Å². The van der Waals surface area contributed by atoms with Crippen LogP contribution in [0, 0.1) is 6.57 Å². The highest BCUT2D eigenvalue weighted by molar-refractivity contribution is 7.46. The van der Waals surface area contributed by atoms with Gasteiger partial charge < -0.3 is 24.0 Å². The predicted octanol–water partition coefficient (Wildman–Crippen LogP) is 3.17. The fraction of sp³-hybridized carbons (Fsp3) is 0.611. The lowest BCUT2D eigenvalue weighted by molar-refractivity contribution is 0.0952. The molecular weight excluding hydrogens is 367 g/mol. The quantitative estimate of drug-likeness (QED) is 0.205. The first-order valence-corrected chi connectivity index (χ1v) is 10.8. The minimum Gasteiger partial charge on any atom is -0.388 e. The number of hydrogen-bond acceptors (Lipinski definition) is 6. The van der Waals surface area contributed by atoms with Gasteiger partial charge in [0.2, 0.25) is 12.4 Å². The van der Waals surface area contributed by atoms with Gasteiger partial charge >= 0.3 is 0 Å². The van der Waals surface area contributed by atoms with Gasteiger partial charge in [-0.25, -0.2) is 11.6 Å². The van der Waals surface area contributed by atoms with E-state index in [2.05, 4.69) is 20.6 Å². The van der Waals surface area contributed by atoms with E-state index < -0.39 is 8.38 Å². The summed E-state index contributed by atoms with van der Waals surface area (Å²) in [5.41, 5.74) is 3.22. The Morgan fingerprint density at radius 3 is 2.70 bits per heavy atom. The second-order valence-electron chi connectivity index (χ2n) is 5.64. The van der Waals surface area contributed by atoms with E-state index in [1.807, 2.05) is 13.6 Å². The molecular formula is C18H29N4O4P. The molecule has 0 bridgehead atoms. The van der Waals surface area contributed by atoms with Crippen LogP contribution in [-0.2, 0) is 9.05 Å². The minimum absolute atomic E-state index is 0.131. The molecule has 0 aromatic carbocycles. The second kappa shape index (κ2) is 15.3. The molecule has 27 heavy (non-hydrogen) atoms. The first-order valence-electron chi connectivity index (χ1n) is 9.14. The molecule has 1 rings (SSSR count). The van der Waals surface area contributed by atoms with Crippen LogP contribution in [0.15, 0.2) is 18.3 Å². The van der Waals surface area contributed by atoms with Crippen molar-refractivity contribution in [3.63, 3.8) is 0 Å². The first kappa shape index (κ1) is 23.3. The van der Waals surface area contributed by atoms with Crippen LogP contribution in [0.4, 0.5) is 0 Å². The van der Waals surface area contributed by atoms with Gasteiger partial charge in [0.05, 0.1) is 12.2 Å². The van der Waals surface area contributed by atoms with Crippen LogP contribution in [0.25, 0.3) is 4.85 Å². The predicted molar refractivity (Wildman–Crippen MR) is 106 cm³/mol. The van der Waals surface area contributed by atoms with Gasteiger partial charge in [-0.3, -0.25) is 4.79 Å². The Kier molecular flexibility index (Phi) is 13.2. The average Bonchev–Trinajstić information content (AvgIpc) is 2.68. The van der Waals surface area contributed by atoms with Crippen LogP contribution in [0.2, 0.25) is 0 Å². The molecule has 1 heterocycles. The van der Waals surface area contributed by atoms with Gasteiger partial charge in [0.25, 0.3) is 5.91 Å². The van der Waals surface area contributed by atoms with E-state index in [0.717, 1.165) is 25.7 Å². The molecule has 0 radical (unpaired) electrons. The lowest BCUT2D eigenvalue weighted by Gasteiger charge is -2.11. The number of hydrogen-bond donors (Lipinski definition) is 2. The number of nitrogens with one attached hydrogen (secondary N) is 2. The Morgan fingerprint density at radius 1 is 1.22 bits per heavy atom. The van der Waals surface area contributed by atoms with Crippen molar-refractivity contribution in [2.24, 2.45) is 0 Å². The van der Waals surface area contributed by atoms with Crippen LogP contribution in [0.5, 0.6) is 5.88 Å². The van der Waals surface area contributed by atoms with E-state index in [0.29, 0.717) is 44.3 Å². The van der Waals surface area contributed by atoms with Crippen molar-refractivity contribution in [1.82, 2.24) is 15.8 Å². The summed E-state index contributed by atoms with van der Waals surface area (Å²) in [4.78, 5) is 24.5. The van der Waals surface area contributed by atoms with E-state index in [9.17, 15) is 4.79 Å². The maximum Gasteiger partial charge on any atom is 0.252 e. The molecule has 1 amide bonds. The normalized spacial score (nSPS) is 11.6. The zero-order valence-corrected chi connectivity index (χ0v) is 17.0. The summed E-state index contributed by atoms with van der Waals surface area (Å²) in [6.45, 7) is 13.3. The van der Waals surface area contributed by atoms with E-state index in [1.54, 1.807) is 12.1 Å². The molecule has 9 heteroatoms. The number of pyridine rings is 1. The third kappa shape index (κ3) is 11.5.